The Hall–Kier alpha value is -2.45. The molecule has 0 spiro atoms. The Kier molecular flexibility index (Phi) is 5.30. The van der Waals surface area contributed by atoms with Gasteiger partial charge < -0.3 is 20.1 Å². The van der Waals surface area contributed by atoms with Crippen LogP contribution in [0, 0.1) is 0 Å². The largest absolute Gasteiger partial charge is 0.387 e. The number of β-amino-alcohol motifs (C(OH)–C–C–N with tert-alkyl or cyclic N) is 1. The van der Waals surface area contributed by atoms with E-state index < -0.39 is 24.1 Å². The number of hydrogen-bond acceptors (Lipinski definition) is 5. The van der Waals surface area contributed by atoms with Gasteiger partial charge in [-0.2, -0.15) is 0 Å². The molecule has 2 aliphatic rings. The van der Waals surface area contributed by atoms with Crippen LogP contribution in [0.15, 0.2) is 30.3 Å². The molecule has 2 aliphatic heterocycles. The third-order valence-electron chi connectivity index (χ3n) is 4.39. The fraction of sp³-hybridized carbons (Fsp3) is 0.471. The van der Waals surface area contributed by atoms with E-state index in [2.05, 4.69) is 5.32 Å². The Morgan fingerprint density at radius 1 is 1.24 bits per heavy atom. The number of aliphatic hydroxyl groups is 1. The van der Waals surface area contributed by atoms with Gasteiger partial charge in [0.2, 0.25) is 5.91 Å². The van der Waals surface area contributed by atoms with Crippen molar-refractivity contribution in [2.75, 3.05) is 32.8 Å². The molecule has 0 radical (unpaired) electrons. The van der Waals surface area contributed by atoms with Gasteiger partial charge >= 0.3 is 6.03 Å². The number of amides is 4. The number of imide groups is 1. The van der Waals surface area contributed by atoms with Crippen molar-refractivity contribution >= 4 is 17.8 Å². The van der Waals surface area contributed by atoms with E-state index in [4.69, 9.17) is 4.74 Å². The number of benzene rings is 1. The summed E-state index contributed by atoms with van der Waals surface area (Å²) in [6.07, 6.45) is -1.05. The maximum Gasteiger partial charge on any atom is 0.324 e. The lowest BCUT2D eigenvalue weighted by molar-refractivity contribution is -0.138. The molecule has 8 heteroatoms. The number of nitrogens with zero attached hydrogens (tertiary/aromatic N) is 2. The molecule has 2 fully saturated rings. The summed E-state index contributed by atoms with van der Waals surface area (Å²) in [4.78, 5) is 39.3. The molecule has 3 rings (SSSR count). The number of morpholine rings is 1. The fourth-order valence-corrected chi connectivity index (χ4v) is 2.96. The lowest BCUT2D eigenvalue weighted by atomic mass is 10.1. The SMILES string of the molecule is O=C(C[C@@H]1NC(=O)N(C[C@@H](O)c2ccccc2)C1=O)N1CCOCC1. The van der Waals surface area contributed by atoms with Crippen molar-refractivity contribution in [3.63, 3.8) is 0 Å². The van der Waals surface area contributed by atoms with Gasteiger partial charge in [0, 0.05) is 13.1 Å². The van der Waals surface area contributed by atoms with Crippen molar-refractivity contribution in [2.45, 2.75) is 18.6 Å². The quantitative estimate of drug-likeness (QED) is 0.724. The van der Waals surface area contributed by atoms with Crippen molar-refractivity contribution in [1.29, 1.82) is 0 Å². The molecule has 25 heavy (non-hydrogen) atoms. The van der Waals surface area contributed by atoms with E-state index in [1.54, 1.807) is 29.2 Å². The summed E-state index contributed by atoms with van der Waals surface area (Å²) in [5.74, 6) is -0.672. The van der Waals surface area contributed by atoms with E-state index in [9.17, 15) is 19.5 Å². The predicted octanol–water partition coefficient (Wildman–Crippen LogP) is -0.111. The second-order valence-corrected chi connectivity index (χ2v) is 6.07. The van der Waals surface area contributed by atoms with Crippen molar-refractivity contribution in [3.8, 4) is 0 Å². The molecular formula is C17H21N3O5. The van der Waals surface area contributed by atoms with Crippen molar-refractivity contribution in [1.82, 2.24) is 15.1 Å². The number of urea groups is 1. The predicted molar refractivity (Wildman–Crippen MR) is 87.5 cm³/mol. The Morgan fingerprint density at radius 3 is 2.60 bits per heavy atom. The minimum Gasteiger partial charge on any atom is -0.387 e. The van der Waals surface area contributed by atoms with Gasteiger partial charge in [0.1, 0.15) is 6.04 Å². The van der Waals surface area contributed by atoms with Gasteiger partial charge in [-0.3, -0.25) is 14.5 Å². The lowest BCUT2D eigenvalue weighted by Gasteiger charge is -2.27. The molecular weight excluding hydrogens is 326 g/mol. The van der Waals surface area contributed by atoms with Gasteiger partial charge in [-0.1, -0.05) is 30.3 Å². The van der Waals surface area contributed by atoms with Gasteiger partial charge in [0.15, 0.2) is 0 Å². The highest BCUT2D eigenvalue weighted by Crippen LogP contribution is 2.18. The van der Waals surface area contributed by atoms with Crippen LogP contribution >= 0.6 is 0 Å². The fourth-order valence-electron chi connectivity index (χ4n) is 2.96. The van der Waals surface area contributed by atoms with Gasteiger partial charge in [-0.15, -0.1) is 0 Å². The summed E-state index contributed by atoms with van der Waals surface area (Å²) in [5, 5.41) is 12.8. The molecule has 1 aromatic rings. The second kappa shape index (κ2) is 7.62. The van der Waals surface area contributed by atoms with E-state index in [1.807, 2.05) is 6.07 Å². The van der Waals surface area contributed by atoms with Gasteiger partial charge in [-0.25, -0.2) is 4.79 Å². The number of nitrogens with one attached hydrogen (secondary N) is 1. The standard InChI is InChI=1S/C17H21N3O5/c21-14(12-4-2-1-3-5-12)11-20-16(23)13(18-17(20)24)10-15(22)19-6-8-25-9-7-19/h1-5,13-14,21H,6-11H2,(H,18,24)/t13-,14+/m0/s1. The Balaban J connectivity index is 1.59. The topological polar surface area (TPSA) is 99.2 Å². The molecule has 8 nitrogen and oxygen atoms in total. The number of rotatable bonds is 5. The van der Waals surface area contributed by atoms with Crippen LogP contribution in [-0.4, -0.2) is 71.6 Å². The number of ether oxygens (including phenoxy) is 1. The summed E-state index contributed by atoms with van der Waals surface area (Å²) < 4.78 is 5.19. The van der Waals surface area contributed by atoms with Crippen LogP contribution < -0.4 is 5.32 Å². The average molecular weight is 347 g/mol. The highest BCUT2D eigenvalue weighted by molar-refractivity contribution is 6.05. The van der Waals surface area contributed by atoms with Crippen LogP contribution in [-0.2, 0) is 14.3 Å². The number of hydrogen-bond donors (Lipinski definition) is 2. The summed E-state index contributed by atoms with van der Waals surface area (Å²) in [6, 6.07) is 7.34. The first-order chi connectivity index (χ1) is 12.1. The third kappa shape index (κ3) is 3.97. The van der Waals surface area contributed by atoms with Crippen LogP contribution in [0.1, 0.15) is 18.1 Å². The van der Waals surface area contributed by atoms with Gasteiger partial charge in [0.05, 0.1) is 32.3 Å². The minimum atomic E-state index is -0.968. The molecule has 134 valence electrons. The van der Waals surface area contributed by atoms with E-state index in [0.29, 0.717) is 31.9 Å². The summed E-state index contributed by atoms with van der Waals surface area (Å²) >= 11 is 0. The molecule has 2 atom stereocenters. The zero-order valence-electron chi connectivity index (χ0n) is 13.8. The van der Waals surface area contributed by atoms with Crippen molar-refractivity contribution < 1.29 is 24.2 Å². The maximum atomic E-state index is 12.4. The van der Waals surface area contributed by atoms with E-state index >= 15 is 0 Å². The summed E-state index contributed by atoms with van der Waals surface area (Å²) in [7, 11) is 0. The van der Waals surface area contributed by atoms with Crippen LogP contribution in [0.2, 0.25) is 0 Å². The van der Waals surface area contributed by atoms with Crippen LogP contribution in [0.4, 0.5) is 4.79 Å². The molecule has 2 heterocycles. The first kappa shape index (κ1) is 17.4. The normalized spacial score (nSPS) is 22.0. The molecule has 4 amide bonds. The zero-order chi connectivity index (χ0) is 17.8. The number of carbonyl (C=O) groups is 3. The number of aliphatic hydroxyl groups excluding tert-OH is 1. The van der Waals surface area contributed by atoms with Crippen molar-refractivity contribution in [2.24, 2.45) is 0 Å². The van der Waals surface area contributed by atoms with Crippen LogP contribution in [0.25, 0.3) is 0 Å². The smallest absolute Gasteiger partial charge is 0.324 e. The molecule has 2 N–H and O–H groups in total. The molecule has 0 aromatic heterocycles. The number of carbonyl (C=O) groups excluding carboxylic acids is 3. The van der Waals surface area contributed by atoms with Gasteiger partial charge in [-0.05, 0) is 5.56 Å². The first-order valence-corrected chi connectivity index (χ1v) is 8.26. The maximum absolute atomic E-state index is 12.4. The van der Waals surface area contributed by atoms with Crippen LogP contribution in [0.3, 0.4) is 0 Å². The summed E-state index contributed by atoms with van der Waals surface area (Å²) in [6.45, 7) is 1.80. The van der Waals surface area contributed by atoms with E-state index in [0.717, 1.165) is 4.90 Å². The molecule has 2 saturated heterocycles. The second-order valence-electron chi connectivity index (χ2n) is 6.07. The Bertz CT molecular complexity index is 645. The van der Waals surface area contributed by atoms with E-state index in [1.165, 1.54) is 0 Å². The first-order valence-electron chi connectivity index (χ1n) is 8.26. The monoisotopic (exact) mass is 347 g/mol. The summed E-state index contributed by atoms with van der Waals surface area (Å²) in [5.41, 5.74) is 0.621. The molecule has 0 bridgehead atoms. The zero-order valence-corrected chi connectivity index (χ0v) is 13.8. The molecule has 0 unspecified atom stereocenters. The van der Waals surface area contributed by atoms with Gasteiger partial charge in [0.25, 0.3) is 5.91 Å². The molecule has 0 aliphatic carbocycles. The Morgan fingerprint density at radius 2 is 1.92 bits per heavy atom. The van der Waals surface area contributed by atoms with Crippen LogP contribution in [0.5, 0.6) is 0 Å². The molecule has 1 aromatic carbocycles. The average Bonchev–Trinajstić information content (AvgIpc) is 2.90. The lowest BCUT2D eigenvalue weighted by Crippen LogP contribution is -2.44. The van der Waals surface area contributed by atoms with Crippen molar-refractivity contribution in [3.05, 3.63) is 35.9 Å². The Labute approximate surface area is 145 Å². The third-order valence-corrected chi connectivity index (χ3v) is 4.39. The highest BCUT2D eigenvalue weighted by atomic mass is 16.5. The highest BCUT2D eigenvalue weighted by Gasteiger charge is 2.40. The molecule has 0 saturated carbocycles. The van der Waals surface area contributed by atoms with E-state index in [-0.39, 0.29) is 18.9 Å². The minimum absolute atomic E-state index is 0.0808.